The Balaban J connectivity index is 2.02. The maximum atomic E-state index is 3.26. The van der Waals surface area contributed by atoms with Gasteiger partial charge in [0.25, 0.3) is 0 Å². The minimum atomic E-state index is 1.22. The van der Waals surface area contributed by atoms with Gasteiger partial charge in [0.2, 0.25) is 0 Å². The summed E-state index contributed by atoms with van der Waals surface area (Å²) in [4.78, 5) is 5.71. The molecule has 12 heavy (non-hydrogen) atoms. The Morgan fingerprint density at radius 2 is 1.83 bits per heavy atom. The molecule has 1 aromatic heterocycles. The van der Waals surface area contributed by atoms with Gasteiger partial charge in [-0.25, -0.2) is 0 Å². The van der Waals surface area contributed by atoms with Gasteiger partial charge in [-0.3, -0.25) is 0 Å². The first-order chi connectivity index (χ1) is 5.97. The lowest BCUT2D eigenvalue weighted by atomic mass is 10.2. The molecule has 0 unspecified atom stereocenters. The minimum absolute atomic E-state index is 1.22. The number of hydrogen-bond donors (Lipinski definition) is 1. The largest absolute Gasteiger partial charge is 0.358 e. The minimum Gasteiger partial charge on any atom is -0.358 e. The van der Waals surface area contributed by atoms with Crippen molar-refractivity contribution < 1.29 is 0 Å². The molecular formula is C10H16N2. The highest BCUT2D eigenvalue weighted by molar-refractivity contribution is 5.38. The zero-order chi connectivity index (χ0) is 8.23. The van der Waals surface area contributed by atoms with Crippen molar-refractivity contribution in [1.29, 1.82) is 0 Å². The van der Waals surface area contributed by atoms with Gasteiger partial charge in [-0.2, -0.15) is 0 Å². The average Bonchev–Trinajstić information content (AvgIpc) is 2.48. The lowest BCUT2D eigenvalue weighted by Crippen LogP contribution is -2.23. The second-order valence-corrected chi connectivity index (χ2v) is 3.46. The van der Waals surface area contributed by atoms with Crippen LogP contribution < -0.4 is 4.90 Å². The number of aromatic amines is 1. The highest BCUT2D eigenvalue weighted by Gasteiger charge is 2.09. The molecule has 2 heterocycles. The third-order valence-electron chi connectivity index (χ3n) is 2.53. The number of nitrogens with one attached hydrogen (secondary N) is 1. The van der Waals surface area contributed by atoms with E-state index in [-0.39, 0.29) is 0 Å². The van der Waals surface area contributed by atoms with E-state index in [2.05, 4.69) is 22.0 Å². The van der Waals surface area contributed by atoms with Crippen LogP contribution in [-0.2, 0) is 0 Å². The van der Waals surface area contributed by atoms with Crippen molar-refractivity contribution in [1.82, 2.24) is 4.98 Å². The van der Waals surface area contributed by atoms with E-state index in [1.165, 1.54) is 44.6 Å². The Morgan fingerprint density at radius 3 is 2.42 bits per heavy atom. The monoisotopic (exact) mass is 164 g/mol. The molecule has 1 aliphatic heterocycles. The average molecular weight is 164 g/mol. The van der Waals surface area contributed by atoms with Gasteiger partial charge in [0.05, 0.1) is 0 Å². The predicted octanol–water partition coefficient (Wildman–Crippen LogP) is 2.40. The summed E-state index contributed by atoms with van der Waals surface area (Å²) in [5, 5.41) is 0. The molecule has 1 N–H and O–H groups in total. The van der Waals surface area contributed by atoms with Gasteiger partial charge in [-0.05, 0) is 25.0 Å². The van der Waals surface area contributed by atoms with Crippen LogP contribution in [0.5, 0.6) is 0 Å². The standard InChI is InChI=1S/C10H16N2/c1-2-4-9-12(8-3-1)10-6-5-7-11-10/h5-7,11H,1-4,8-9H2. The van der Waals surface area contributed by atoms with Gasteiger partial charge in [0.15, 0.2) is 0 Å². The molecule has 2 heteroatoms. The van der Waals surface area contributed by atoms with Crippen molar-refractivity contribution in [2.75, 3.05) is 18.0 Å². The van der Waals surface area contributed by atoms with Crippen LogP contribution in [-0.4, -0.2) is 18.1 Å². The molecule has 0 amide bonds. The fraction of sp³-hybridized carbons (Fsp3) is 0.600. The Hall–Kier alpha value is -0.920. The second kappa shape index (κ2) is 3.65. The van der Waals surface area contributed by atoms with E-state index in [9.17, 15) is 0 Å². The maximum absolute atomic E-state index is 3.26. The lowest BCUT2D eigenvalue weighted by Gasteiger charge is -2.20. The molecular weight excluding hydrogens is 148 g/mol. The molecule has 0 aromatic carbocycles. The van der Waals surface area contributed by atoms with Crippen molar-refractivity contribution in [3.8, 4) is 0 Å². The highest BCUT2D eigenvalue weighted by Crippen LogP contribution is 2.16. The third kappa shape index (κ3) is 1.63. The second-order valence-electron chi connectivity index (χ2n) is 3.46. The Bertz CT molecular complexity index is 208. The summed E-state index contributed by atoms with van der Waals surface area (Å²) < 4.78 is 0. The van der Waals surface area contributed by atoms with Crippen molar-refractivity contribution in [3.05, 3.63) is 18.3 Å². The highest BCUT2D eigenvalue weighted by atomic mass is 15.2. The molecule has 0 spiro atoms. The van der Waals surface area contributed by atoms with E-state index in [1.807, 2.05) is 6.20 Å². The number of hydrogen-bond acceptors (Lipinski definition) is 1. The van der Waals surface area contributed by atoms with Crippen molar-refractivity contribution in [3.63, 3.8) is 0 Å². The Kier molecular flexibility index (Phi) is 2.35. The maximum Gasteiger partial charge on any atom is 0.105 e. The molecule has 1 aliphatic rings. The van der Waals surface area contributed by atoms with Gasteiger partial charge in [-0.15, -0.1) is 0 Å². The van der Waals surface area contributed by atoms with E-state index in [4.69, 9.17) is 0 Å². The summed E-state index contributed by atoms with van der Waals surface area (Å²) in [6, 6.07) is 4.23. The first-order valence-electron chi connectivity index (χ1n) is 4.85. The Labute approximate surface area is 73.6 Å². The van der Waals surface area contributed by atoms with E-state index < -0.39 is 0 Å². The molecule has 0 bridgehead atoms. The normalized spacial score (nSPS) is 19.2. The van der Waals surface area contributed by atoms with Crippen LogP contribution in [0, 0.1) is 0 Å². The fourth-order valence-corrected chi connectivity index (χ4v) is 1.83. The number of aromatic nitrogens is 1. The first-order valence-corrected chi connectivity index (χ1v) is 4.85. The number of nitrogens with zero attached hydrogens (tertiary/aromatic N) is 1. The summed E-state index contributed by atoms with van der Waals surface area (Å²) in [5.74, 6) is 1.29. The summed E-state index contributed by atoms with van der Waals surface area (Å²) in [7, 11) is 0. The number of H-pyrrole nitrogens is 1. The molecule has 66 valence electrons. The van der Waals surface area contributed by atoms with Crippen LogP contribution in [0.1, 0.15) is 25.7 Å². The zero-order valence-electron chi connectivity index (χ0n) is 7.42. The van der Waals surface area contributed by atoms with Crippen LogP contribution in [0.4, 0.5) is 5.82 Å². The zero-order valence-corrected chi connectivity index (χ0v) is 7.42. The smallest absolute Gasteiger partial charge is 0.105 e. The van der Waals surface area contributed by atoms with Crippen molar-refractivity contribution >= 4 is 5.82 Å². The summed E-state index contributed by atoms with van der Waals surface area (Å²) in [6.45, 7) is 2.45. The lowest BCUT2D eigenvalue weighted by molar-refractivity contribution is 0.726. The summed E-state index contributed by atoms with van der Waals surface area (Å²) >= 11 is 0. The summed E-state index contributed by atoms with van der Waals surface area (Å²) in [6.07, 6.45) is 7.49. The van der Waals surface area contributed by atoms with Gasteiger partial charge in [0.1, 0.15) is 5.82 Å². The molecule has 0 saturated carbocycles. The van der Waals surface area contributed by atoms with Crippen molar-refractivity contribution in [2.24, 2.45) is 0 Å². The van der Waals surface area contributed by atoms with Crippen LogP contribution in [0.3, 0.4) is 0 Å². The number of rotatable bonds is 1. The predicted molar refractivity (Wildman–Crippen MR) is 51.5 cm³/mol. The Morgan fingerprint density at radius 1 is 1.08 bits per heavy atom. The topological polar surface area (TPSA) is 19.0 Å². The van der Waals surface area contributed by atoms with Crippen LogP contribution in [0.15, 0.2) is 18.3 Å². The van der Waals surface area contributed by atoms with Crippen molar-refractivity contribution in [2.45, 2.75) is 25.7 Å². The van der Waals surface area contributed by atoms with E-state index in [0.717, 1.165) is 0 Å². The van der Waals surface area contributed by atoms with Crippen LogP contribution in [0.2, 0.25) is 0 Å². The van der Waals surface area contributed by atoms with Gasteiger partial charge >= 0.3 is 0 Å². The quantitative estimate of drug-likeness (QED) is 0.675. The molecule has 1 saturated heterocycles. The number of anilines is 1. The van der Waals surface area contributed by atoms with Crippen LogP contribution >= 0.6 is 0 Å². The van der Waals surface area contributed by atoms with E-state index in [0.29, 0.717) is 0 Å². The molecule has 0 radical (unpaired) electrons. The van der Waals surface area contributed by atoms with Gasteiger partial charge in [-0.1, -0.05) is 12.8 Å². The fourth-order valence-electron chi connectivity index (χ4n) is 1.83. The van der Waals surface area contributed by atoms with Gasteiger partial charge < -0.3 is 9.88 Å². The SMILES string of the molecule is c1c[nH]c(N2CCCCCC2)c1. The molecule has 1 aromatic rings. The van der Waals surface area contributed by atoms with Crippen LogP contribution in [0.25, 0.3) is 0 Å². The van der Waals surface area contributed by atoms with E-state index >= 15 is 0 Å². The molecule has 2 rings (SSSR count). The van der Waals surface area contributed by atoms with Gasteiger partial charge in [0, 0.05) is 19.3 Å². The summed E-state index contributed by atoms with van der Waals surface area (Å²) in [5.41, 5.74) is 0. The molecule has 2 nitrogen and oxygen atoms in total. The van der Waals surface area contributed by atoms with E-state index in [1.54, 1.807) is 0 Å². The molecule has 1 fully saturated rings. The molecule has 0 aliphatic carbocycles. The molecule has 0 atom stereocenters. The first kappa shape index (κ1) is 7.71. The third-order valence-corrected chi connectivity index (χ3v) is 2.53.